The monoisotopic (exact) mass is 500 g/mol. The Bertz CT molecular complexity index is 1190. The van der Waals surface area contributed by atoms with Gasteiger partial charge in [-0.3, -0.25) is 0 Å². The predicted octanol–water partition coefficient (Wildman–Crippen LogP) is 8.40. The van der Waals surface area contributed by atoms with Gasteiger partial charge in [-0.1, -0.05) is 56.7 Å². The first kappa shape index (κ1) is 25.5. The van der Waals surface area contributed by atoms with Gasteiger partial charge < -0.3 is 20.4 Å². The summed E-state index contributed by atoms with van der Waals surface area (Å²) in [7, 11) is 0. The molecule has 0 heterocycles. The summed E-state index contributed by atoms with van der Waals surface area (Å²) in [6.45, 7) is 4.23. The topological polar surface area (TPSA) is 80.9 Å². The van der Waals surface area contributed by atoms with Crippen molar-refractivity contribution in [3.05, 3.63) is 81.4 Å². The van der Waals surface area contributed by atoms with Crippen LogP contribution in [0.1, 0.15) is 121 Å². The summed E-state index contributed by atoms with van der Waals surface area (Å²) in [6, 6.07) is 12.8. The van der Waals surface area contributed by atoms with Crippen molar-refractivity contribution < 1.29 is 20.4 Å². The van der Waals surface area contributed by atoms with Crippen LogP contribution in [0.3, 0.4) is 0 Å². The molecule has 0 unspecified atom stereocenters. The van der Waals surface area contributed by atoms with Gasteiger partial charge in [0.05, 0.1) is 0 Å². The first-order chi connectivity index (χ1) is 17.9. The van der Waals surface area contributed by atoms with Gasteiger partial charge in [-0.25, -0.2) is 0 Å². The Balaban J connectivity index is 1.70. The predicted molar refractivity (Wildman–Crippen MR) is 148 cm³/mol. The Morgan fingerprint density at radius 2 is 0.973 bits per heavy atom. The Morgan fingerprint density at radius 1 is 0.541 bits per heavy atom. The third-order valence-electron chi connectivity index (χ3n) is 9.05. The van der Waals surface area contributed by atoms with Crippen molar-refractivity contribution >= 4 is 0 Å². The van der Waals surface area contributed by atoms with E-state index in [-0.39, 0.29) is 17.4 Å². The molecule has 0 saturated heterocycles. The van der Waals surface area contributed by atoms with Gasteiger partial charge in [-0.15, -0.1) is 0 Å². The van der Waals surface area contributed by atoms with Crippen LogP contribution >= 0.6 is 0 Å². The zero-order chi connectivity index (χ0) is 26.1. The second-order valence-electron chi connectivity index (χ2n) is 11.3. The maximum atomic E-state index is 11.0. The molecule has 0 spiro atoms. The number of hydrogen-bond acceptors (Lipinski definition) is 4. The highest BCUT2D eigenvalue weighted by molar-refractivity contribution is 5.58. The first-order valence-corrected chi connectivity index (χ1v) is 14.0. The van der Waals surface area contributed by atoms with Crippen molar-refractivity contribution in [2.75, 3.05) is 0 Å². The van der Waals surface area contributed by atoms with Crippen LogP contribution in [0, 0.1) is 13.8 Å². The van der Waals surface area contributed by atoms with E-state index in [0.29, 0.717) is 23.3 Å². The average Bonchev–Trinajstić information content (AvgIpc) is 2.90. The molecular formula is C33H40O4. The van der Waals surface area contributed by atoms with Crippen LogP contribution in [0.2, 0.25) is 0 Å². The summed E-state index contributed by atoms with van der Waals surface area (Å²) in [5, 5.41) is 42.5. The number of rotatable bonds is 5. The molecule has 0 amide bonds. The summed E-state index contributed by atoms with van der Waals surface area (Å²) < 4.78 is 0. The lowest BCUT2D eigenvalue weighted by atomic mass is 9.74. The summed E-state index contributed by atoms with van der Waals surface area (Å²) in [5.74, 6) is 0.935. The van der Waals surface area contributed by atoms with Crippen molar-refractivity contribution in [2.45, 2.75) is 95.8 Å². The van der Waals surface area contributed by atoms with Gasteiger partial charge in [-0.2, -0.15) is 0 Å². The van der Waals surface area contributed by atoms with Crippen LogP contribution in [-0.4, -0.2) is 20.4 Å². The molecule has 2 fully saturated rings. The van der Waals surface area contributed by atoms with Gasteiger partial charge in [0.1, 0.15) is 11.5 Å². The van der Waals surface area contributed by atoms with E-state index in [2.05, 4.69) is 13.8 Å². The molecule has 2 saturated carbocycles. The van der Waals surface area contributed by atoms with Gasteiger partial charge in [0, 0.05) is 17.0 Å². The quantitative estimate of drug-likeness (QED) is 0.209. The molecule has 196 valence electrons. The van der Waals surface area contributed by atoms with E-state index < -0.39 is 0 Å². The fraction of sp³-hybridized carbons (Fsp3) is 0.455. The van der Waals surface area contributed by atoms with Crippen molar-refractivity contribution in [1.82, 2.24) is 0 Å². The zero-order valence-corrected chi connectivity index (χ0v) is 22.1. The molecule has 2 aliphatic rings. The van der Waals surface area contributed by atoms with E-state index in [1.807, 2.05) is 30.3 Å². The SMILES string of the molecule is Cc1c(C(c2ccc(O)c(O)c2)c2ccc(O)c(C3CCCCC3)c2C)ccc(O)c1C1CCCCC1. The summed E-state index contributed by atoms with van der Waals surface area (Å²) in [4.78, 5) is 0. The number of phenolic OH excluding ortho intramolecular Hbond substituents is 4. The molecule has 0 aromatic heterocycles. The maximum Gasteiger partial charge on any atom is 0.157 e. The van der Waals surface area contributed by atoms with E-state index in [9.17, 15) is 20.4 Å². The third-order valence-corrected chi connectivity index (χ3v) is 9.05. The maximum absolute atomic E-state index is 11.0. The molecule has 0 atom stereocenters. The minimum Gasteiger partial charge on any atom is -0.508 e. The Kier molecular flexibility index (Phi) is 7.37. The average molecular weight is 501 g/mol. The number of hydrogen-bond donors (Lipinski definition) is 4. The van der Waals surface area contributed by atoms with Crippen molar-refractivity contribution in [1.29, 1.82) is 0 Å². The lowest BCUT2D eigenvalue weighted by Gasteiger charge is -2.31. The summed E-state index contributed by atoms with van der Waals surface area (Å²) >= 11 is 0. The fourth-order valence-electron chi connectivity index (χ4n) is 7.15. The second-order valence-corrected chi connectivity index (χ2v) is 11.3. The van der Waals surface area contributed by atoms with Crippen LogP contribution in [0.25, 0.3) is 0 Å². The largest absolute Gasteiger partial charge is 0.508 e. The van der Waals surface area contributed by atoms with Gasteiger partial charge in [0.15, 0.2) is 11.5 Å². The molecule has 4 N–H and O–H groups in total. The highest BCUT2D eigenvalue weighted by Crippen LogP contribution is 2.47. The van der Waals surface area contributed by atoms with Gasteiger partial charge >= 0.3 is 0 Å². The van der Waals surface area contributed by atoms with E-state index in [1.54, 1.807) is 12.1 Å². The number of benzene rings is 3. The van der Waals surface area contributed by atoms with Crippen molar-refractivity contribution in [2.24, 2.45) is 0 Å². The molecule has 0 radical (unpaired) electrons. The van der Waals surface area contributed by atoms with Crippen LogP contribution in [0.15, 0.2) is 42.5 Å². The normalized spacial score (nSPS) is 17.4. The second kappa shape index (κ2) is 10.7. The van der Waals surface area contributed by atoms with Crippen LogP contribution in [0.5, 0.6) is 23.0 Å². The smallest absolute Gasteiger partial charge is 0.157 e. The minimum atomic E-state index is -0.211. The number of aromatic hydroxyl groups is 4. The molecule has 0 bridgehead atoms. The molecule has 0 aliphatic heterocycles. The van der Waals surface area contributed by atoms with Crippen molar-refractivity contribution in [3.8, 4) is 23.0 Å². The Hall–Kier alpha value is -3.14. The lowest BCUT2D eigenvalue weighted by Crippen LogP contribution is -2.14. The minimum absolute atomic E-state index is 0.141. The molecule has 4 heteroatoms. The molecule has 3 aromatic rings. The molecule has 4 nitrogen and oxygen atoms in total. The van der Waals surface area contributed by atoms with E-state index >= 15 is 0 Å². The molecule has 2 aliphatic carbocycles. The van der Waals surface area contributed by atoms with E-state index in [0.717, 1.165) is 64.6 Å². The molecule has 3 aromatic carbocycles. The number of phenols is 4. The fourth-order valence-corrected chi connectivity index (χ4v) is 7.15. The zero-order valence-electron chi connectivity index (χ0n) is 22.1. The van der Waals surface area contributed by atoms with E-state index in [4.69, 9.17) is 0 Å². The summed E-state index contributed by atoms with van der Waals surface area (Å²) in [6.07, 6.45) is 11.6. The lowest BCUT2D eigenvalue weighted by molar-refractivity contribution is 0.403. The highest BCUT2D eigenvalue weighted by atomic mass is 16.3. The van der Waals surface area contributed by atoms with E-state index in [1.165, 1.54) is 38.5 Å². The first-order valence-electron chi connectivity index (χ1n) is 14.0. The van der Waals surface area contributed by atoms with Gasteiger partial charge in [-0.05, 0) is 103 Å². The standard InChI is InChI=1S/C33H40O4/c1-20-25(14-17-28(35)31(20)22-9-5-3-6-10-22)33(24-13-16-27(34)30(37)19-24)26-15-18-29(36)32(21(26)2)23-11-7-4-8-12-23/h13-19,22-23,33-37H,3-12H2,1-2H3. The van der Waals surface area contributed by atoms with Crippen LogP contribution in [-0.2, 0) is 0 Å². The van der Waals surface area contributed by atoms with Crippen molar-refractivity contribution in [3.63, 3.8) is 0 Å². The Labute approximate surface area is 220 Å². The van der Waals surface area contributed by atoms with Gasteiger partial charge in [0.2, 0.25) is 0 Å². The molecule has 5 rings (SSSR count). The van der Waals surface area contributed by atoms with Gasteiger partial charge in [0.25, 0.3) is 0 Å². The molecular weight excluding hydrogens is 460 g/mol. The highest BCUT2D eigenvalue weighted by Gasteiger charge is 2.29. The van der Waals surface area contributed by atoms with Crippen LogP contribution < -0.4 is 0 Å². The summed E-state index contributed by atoms with van der Waals surface area (Å²) in [5.41, 5.74) is 7.34. The Morgan fingerprint density at radius 3 is 1.41 bits per heavy atom. The third kappa shape index (κ3) is 4.91. The van der Waals surface area contributed by atoms with Crippen LogP contribution in [0.4, 0.5) is 0 Å². The molecule has 37 heavy (non-hydrogen) atoms.